The first-order valence-electron chi connectivity index (χ1n) is 15.7. The molecule has 12 heteroatoms. The van der Waals surface area contributed by atoms with E-state index < -0.39 is 17.5 Å². The molecule has 3 aliphatic rings. The molecule has 1 aromatic rings. The van der Waals surface area contributed by atoms with E-state index in [-0.39, 0.29) is 41.5 Å². The molecule has 1 aromatic carbocycles. The first-order chi connectivity index (χ1) is 21.2. The minimum atomic E-state index is -0.734. The monoisotopic (exact) mass is 609 g/mol. The van der Waals surface area contributed by atoms with Crippen LogP contribution in [-0.2, 0) is 30.3 Å². The zero-order valence-electron chi connectivity index (χ0n) is 25.6. The van der Waals surface area contributed by atoms with E-state index in [1.807, 2.05) is 30.3 Å². The van der Waals surface area contributed by atoms with Gasteiger partial charge >= 0.3 is 0 Å². The Morgan fingerprint density at radius 1 is 1.14 bits per heavy atom. The molecular formula is C32H47N7O5. The number of hydrogen-bond acceptors (Lipinski definition) is 6. The highest BCUT2D eigenvalue weighted by Gasteiger charge is 2.42. The van der Waals surface area contributed by atoms with E-state index in [1.165, 1.54) is 6.92 Å². The van der Waals surface area contributed by atoms with Crippen LogP contribution in [0.5, 0.6) is 0 Å². The molecule has 0 bridgehead atoms. The number of guanidine groups is 1. The van der Waals surface area contributed by atoms with Crippen molar-refractivity contribution in [3.05, 3.63) is 48.0 Å². The molecule has 2 saturated heterocycles. The molecule has 4 atom stereocenters. The Balaban J connectivity index is 1.53. The highest BCUT2D eigenvalue weighted by molar-refractivity contribution is 5.91. The number of rotatable bonds is 8. The van der Waals surface area contributed by atoms with Gasteiger partial charge in [0.2, 0.25) is 23.6 Å². The van der Waals surface area contributed by atoms with Crippen LogP contribution in [0.3, 0.4) is 0 Å². The molecule has 0 unspecified atom stereocenters. The lowest BCUT2D eigenvalue weighted by atomic mass is 9.75. The largest absolute Gasteiger partial charge is 0.381 e. The lowest BCUT2D eigenvalue weighted by molar-refractivity contribution is -0.141. The third-order valence-corrected chi connectivity index (χ3v) is 8.94. The normalized spacial score (nSPS) is 25.2. The Kier molecular flexibility index (Phi) is 11.8. The number of carbonyl (C=O) groups excluding carboxylic acids is 4. The lowest BCUT2D eigenvalue weighted by Crippen LogP contribution is -2.59. The highest BCUT2D eigenvalue weighted by Crippen LogP contribution is 2.36. The number of hydrogen-bond donors (Lipinski definition) is 5. The number of nitrogens with zero attached hydrogens (tertiary/aromatic N) is 2. The van der Waals surface area contributed by atoms with Crippen LogP contribution >= 0.6 is 0 Å². The summed E-state index contributed by atoms with van der Waals surface area (Å²) in [6.45, 7) is 3.63. The van der Waals surface area contributed by atoms with Gasteiger partial charge in [0.15, 0.2) is 5.96 Å². The second-order valence-corrected chi connectivity index (χ2v) is 12.2. The summed E-state index contributed by atoms with van der Waals surface area (Å²) in [6, 6.07) is 8.09. The molecule has 1 spiro atoms. The van der Waals surface area contributed by atoms with Crippen molar-refractivity contribution in [1.82, 2.24) is 20.9 Å². The van der Waals surface area contributed by atoms with Crippen molar-refractivity contribution in [3.63, 3.8) is 0 Å². The number of allylic oxidation sites excluding steroid dienone is 2. The molecule has 0 radical (unpaired) electrons. The topological polar surface area (TPSA) is 181 Å². The molecular weight excluding hydrogens is 562 g/mol. The number of aliphatic imine (C=N–C) groups is 1. The predicted molar refractivity (Wildman–Crippen MR) is 167 cm³/mol. The Bertz CT molecular complexity index is 1210. The molecule has 240 valence electrons. The summed E-state index contributed by atoms with van der Waals surface area (Å²) in [5.41, 5.74) is 11.2. The summed E-state index contributed by atoms with van der Waals surface area (Å²) < 4.78 is 5.59. The van der Waals surface area contributed by atoms with Gasteiger partial charge < -0.3 is 37.1 Å². The van der Waals surface area contributed by atoms with Crippen molar-refractivity contribution in [3.8, 4) is 0 Å². The number of piperidine rings is 1. The molecule has 0 saturated carbocycles. The average Bonchev–Trinajstić information content (AvgIpc) is 3.01. The maximum atomic E-state index is 13.8. The maximum Gasteiger partial charge on any atom is 0.245 e. The van der Waals surface area contributed by atoms with Gasteiger partial charge in [-0.05, 0) is 50.5 Å². The van der Waals surface area contributed by atoms with Crippen molar-refractivity contribution in [2.75, 3.05) is 32.8 Å². The Hall–Kier alpha value is -3.93. The van der Waals surface area contributed by atoms with Gasteiger partial charge in [-0.15, -0.1) is 0 Å². The quantitative estimate of drug-likeness (QED) is 0.125. The number of carbonyl (C=O) groups is 4. The number of benzene rings is 1. The molecule has 2 fully saturated rings. The lowest BCUT2D eigenvalue weighted by Gasteiger charge is -2.41. The SMILES string of the molecule is CC(=O)N[C@@H](CCCN=C(N)N)C(=O)N1CC[C@H]2NC(=O)[C@@H](Cc3ccccc3)NC(=O)C3(C/C=C/C[C@H]2C1)CCOCC3. The molecule has 44 heavy (non-hydrogen) atoms. The summed E-state index contributed by atoms with van der Waals surface area (Å²) in [5, 5.41) is 9.14. The van der Waals surface area contributed by atoms with Gasteiger partial charge in [-0.2, -0.15) is 0 Å². The highest BCUT2D eigenvalue weighted by atomic mass is 16.5. The standard InChI is InChI=1S/C32H47N7O5/c1-22(40)36-26(11-7-16-35-31(33)34)29(42)39-17-12-25-24(21-39)10-5-6-13-32(14-18-44-19-15-32)30(43)38-27(28(41)37-25)20-23-8-3-2-4-9-23/h2-6,8-9,24-27H,7,10-21H2,1H3,(H,36,40)(H,37,41)(H,38,43)(H4,33,34,35)/b6-5+/t24-,25+,26-,27+/m0/s1. The Morgan fingerprint density at radius 3 is 2.59 bits per heavy atom. The van der Waals surface area contributed by atoms with E-state index in [0.29, 0.717) is 84.2 Å². The van der Waals surface area contributed by atoms with Crippen molar-refractivity contribution in [2.45, 2.75) is 76.4 Å². The number of nitrogens with one attached hydrogen (secondary N) is 3. The number of nitrogens with two attached hydrogens (primary N) is 2. The summed E-state index contributed by atoms with van der Waals surface area (Å²) in [6.07, 6.45) is 8.40. The van der Waals surface area contributed by atoms with E-state index in [9.17, 15) is 19.2 Å². The molecule has 3 heterocycles. The second kappa shape index (κ2) is 15.7. The molecule has 7 N–H and O–H groups in total. The maximum absolute atomic E-state index is 13.8. The van der Waals surface area contributed by atoms with Crippen LogP contribution < -0.4 is 27.4 Å². The summed E-state index contributed by atoms with van der Waals surface area (Å²) >= 11 is 0. The molecule has 12 nitrogen and oxygen atoms in total. The smallest absolute Gasteiger partial charge is 0.245 e. The zero-order chi connectivity index (χ0) is 31.5. The van der Waals surface area contributed by atoms with E-state index in [1.54, 1.807) is 4.90 Å². The number of ether oxygens (including phenoxy) is 1. The molecule has 4 rings (SSSR count). The first kappa shape index (κ1) is 33.0. The fraction of sp³-hybridized carbons (Fsp3) is 0.594. The van der Waals surface area contributed by atoms with Gasteiger partial charge in [0, 0.05) is 58.2 Å². The minimum Gasteiger partial charge on any atom is -0.381 e. The van der Waals surface area contributed by atoms with E-state index in [0.717, 1.165) is 5.56 Å². The first-order valence-corrected chi connectivity index (χ1v) is 15.7. The van der Waals surface area contributed by atoms with Crippen LogP contribution in [0.25, 0.3) is 0 Å². The van der Waals surface area contributed by atoms with Crippen LogP contribution in [0.1, 0.15) is 57.4 Å². The second-order valence-electron chi connectivity index (χ2n) is 12.2. The van der Waals surface area contributed by atoms with Crippen LogP contribution in [0.4, 0.5) is 0 Å². The predicted octanol–water partition coefficient (Wildman–Crippen LogP) is 0.752. The fourth-order valence-corrected chi connectivity index (χ4v) is 6.41. The number of fused-ring (bicyclic) bond motifs is 1. The minimum absolute atomic E-state index is 0.0135. The Labute approximate surface area is 259 Å². The van der Waals surface area contributed by atoms with Gasteiger partial charge in [0.1, 0.15) is 12.1 Å². The third-order valence-electron chi connectivity index (χ3n) is 8.94. The van der Waals surface area contributed by atoms with Gasteiger partial charge in [-0.3, -0.25) is 24.2 Å². The van der Waals surface area contributed by atoms with E-state index in [2.05, 4.69) is 33.1 Å². The van der Waals surface area contributed by atoms with Crippen molar-refractivity contribution < 1.29 is 23.9 Å². The average molecular weight is 610 g/mol. The van der Waals surface area contributed by atoms with Gasteiger partial charge in [0.05, 0.1) is 5.41 Å². The van der Waals surface area contributed by atoms with Gasteiger partial charge in [0.25, 0.3) is 0 Å². The van der Waals surface area contributed by atoms with Crippen LogP contribution in [-0.4, -0.2) is 85.5 Å². The third kappa shape index (κ3) is 9.04. The number of amides is 4. The van der Waals surface area contributed by atoms with Gasteiger partial charge in [-0.25, -0.2) is 0 Å². The van der Waals surface area contributed by atoms with E-state index >= 15 is 0 Å². The van der Waals surface area contributed by atoms with E-state index in [4.69, 9.17) is 16.2 Å². The summed E-state index contributed by atoms with van der Waals surface area (Å²) in [4.78, 5) is 58.9. The molecule has 0 aromatic heterocycles. The fourth-order valence-electron chi connectivity index (χ4n) is 6.41. The zero-order valence-corrected chi connectivity index (χ0v) is 25.6. The van der Waals surface area contributed by atoms with Crippen LogP contribution in [0.2, 0.25) is 0 Å². The van der Waals surface area contributed by atoms with Gasteiger partial charge in [-0.1, -0.05) is 42.5 Å². The van der Waals surface area contributed by atoms with Crippen LogP contribution in [0.15, 0.2) is 47.5 Å². The van der Waals surface area contributed by atoms with Crippen molar-refractivity contribution >= 4 is 29.6 Å². The molecule has 4 amide bonds. The summed E-state index contributed by atoms with van der Waals surface area (Å²) in [5.74, 6) is -0.816. The Morgan fingerprint density at radius 2 is 1.89 bits per heavy atom. The van der Waals surface area contributed by atoms with Crippen molar-refractivity contribution in [1.29, 1.82) is 0 Å². The molecule has 3 aliphatic heterocycles. The number of likely N-dealkylation sites (tertiary alicyclic amines) is 1. The van der Waals surface area contributed by atoms with Crippen molar-refractivity contribution in [2.24, 2.45) is 27.8 Å². The summed E-state index contributed by atoms with van der Waals surface area (Å²) in [7, 11) is 0. The molecule has 0 aliphatic carbocycles. The van der Waals surface area contributed by atoms with Crippen LogP contribution in [0, 0.1) is 11.3 Å².